The van der Waals surface area contributed by atoms with Crippen LogP contribution in [0.3, 0.4) is 0 Å². The first-order valence-electron chi connectivity index (χ1n) is 8.83. The summed E-state index contributed by atoms with van der Waals surface area (Å²) >= 11 is 0. The Hall–Kier alpha value is -2.89. The molecule has 0 unspecified atom stereocenters. The topological polar surface area (TPSA) is 71.5 Å². The molecule has 3 rings (SSSR count). The molecule has 1 aliphatic heterocycles. The summed E-state index contributed by atoms with van der Waals surface area (Å²) in [7, 11) is 1.63. The lowest BCUT2D eigenvalue weighted by molar-refractivity contribution is -0.127. The molecule has 0 radical (unpaired) electrons. The third kappa shape index (κ3) is 4.39. The molecule has 136 valence electrons. The number of carbonyl (C=O) groups excluding carboxylic acids is 2. The molecule has 6 nitrogen and oxygen atoms in total. The molecule has 0 atom stereocenters. The number of likely N-dealkylation sites (tertiary alicyclic amines) is 1. The minimum Gasteiger partial charge on any atom is -0.497 e. The van der Waals surface area contributed by atoms with Crippen molar-refractivity contribution in [1.82, 2.24) is 15.2 Å². The smallest absolute Gasteiger partial charge is 0.252 e. The molecule has 0 spiro atoms. The van der Waals surface area contributed by atoms with Crippen molar-refractivity contribution in [3.05, 3.63) is 48.3 Å². The summed E-state index contributed by atoms with van der Waals surface area (Å²) < 4.78 is 5.16. The van der Waals surface area contributed by atoms with Gasteiger partial charge in [0.15, 0.2) is 0 Å². The quantitative estimate of drug-likeness (QED) is 0.777. The van der Waals surface area contributed by atoms with Crippen molar-refractivity contribution in [3.8, 4) is 16.9 Å². The molecule has 26 heavy (non-hydrogen) atoms. The standard InChI is InChI=1S/C20H23N3O3/c1-26-18-7-5-15(6-8-18)16-12-17(14-21-13-16)20(25)22-9-3-11-23-10-2-4-19(23)24/h5-8,12-14H,2-4,9-11H2,1H3,(H,22,25). The van der Waals surface area contributed by atoms with Crippen molar-refractivity contribution in [2.45, 2.75) is 19.3 Å². The van der Waals surface area contributed by atoms with Crippen LogP contribution in [0.2, 0.25) is 0 Å². The molecule has 6 heteroatoms. The van der Waals surface area contributed by atoms with E-state index in [9.17, 15) is 9.59 Å². The lowest BCUT2D eigenvalue weighted by atomic mass is 10.1. The van der Waals surface area contributed by atoms with Gasteiger partial charge in [-0.1, -0.05) is 12.1 Å². The van der Waals surface area contributed by atoms with Gasteiger partial charge in [-0.2, -0.15) is 0 Å². The van der Waals surface area contributed by atoms with E-state index in [2.05, 4.69) is 10.3 Å². The zero-order chi connectivity index (χ0) is 18.4. The van der Waals surface area contributed by atoms with Gasteiger partial charge >= 0.3 is 0 Å². The number of aromatic nitrogens is 1. The van der Waals surface area contributed by atoms with Gasteiger partial charge in [-0.05, 0) is 36.6 Å². The van der Waals surface area contributed by atoms with E-state index in [1.165, 1.54) is 0 Å². The molecule has 2 amide bonds. The highest BCUT2D eigenvalue weighted by Crippen LogP contribution is 2.22. The highest BCUT2D eigenvalue weighted by molar-refractivity contribution is 5.95. The van der Waals surface area contributed by atoms with E-state index >= 15 is 0 Å². The van der Waals surface area contributed by atoms with Crippen molar-refractivity contribution < 1.29 is 14.3 Å². The summed E-state index contributed by atoms with van der Waals surface area (Å²) in [6.07, 6.45) is 5.64. The second-order valence-corrected chi connectivity index (χ2v) is 6.28. The molecular weight excluding hydrogens is 330 g/mol. The van der Waals surface area contributed by atoms with Crippen LogP contribution in [0.1, 0.15) is 29.6 Å². The van der Waals surface area contributed by atoms with Gasteiger partial charge in [-0.25, -0.2) is 0 Å². The Bertz CT molecular complexity index is 774. The molecule has 1 N–H and O–H groups in total. The largest absolute Gasteiger partial charge is 0.497 e. The summed E-state index contributed by atoms with van der Waals surface area (Å²) in [4.78, 5) is 29.9. The zero-order valence-electron chi connectivity index (χ0n) is 14.9. The van der Waals surface area contributed by atoms with Crippen molar-refractivity contribution in [3.63, 3.8) is 0 Å². The minimum atomic E-state index is -0.152. The Morgan fingerprint density at radius 1 is 1.23 bits per heavy atom. The first-order chi connectivity index (χ1) is 12.7. The van der Waals surface area contributed by atoms with E-state index in [1.807, 2.05) is 35.2 Å². The number of nitrogens with zero attached hydrogens (tertiary/aromatic N) is 2. The molecule has 1 fully saturated rings. The Balaban J connectivity index is 1.54. The van der Waals surface area contributed by atoms with Crippen LogP contribution in [-0.4, -0.2) is 48.4 Å². The van der Waals surface area contributed by atoms with Crippen LogP contribution in [0.25, 0.3) is 11.1 Å². The van der Waals surface area contributed by atoms with E-state index < -0.39 is 0 Å². The van der Waals surface area contributed by atoms with Crippen LogP contribution in [0, 0.1) is 0 Å². The lowest BCUT2D eigenvalue weighted by Gasteiger charge is -2.15. The molecule has 2 aromatic rings. The van der Waals surface area contributed by atoms with E-state index in [-0.39, 0.29) is 11.8 Å². The van der Waals surface area contributed by atoms with E-state index in [0.717, 1.165) is 36.3 Å². The van der Waals surface area contributed by atoms with Crippen molar-refractivity contribution >= 4 is 11.8 Å². The number of hydrogen-bond donors (Lipinski definition) is 1. The van der Waals surface area contributed by atoms with Gasteiger partial charge < -0.3 is 15.0 Å². The van der Waals surface area contributed by atoms with Crippen molar-refractivity contribution in [2.75, 3.05) is 26.7 Å². The molecular formula is C20H23N3O3. The van der Waals surface area contributed by atoms with Gasteiger partial charge in [-0.15, -0.1) is 0 Å². The molecule has 0 saturated carbocycles. The van der Waals surface area contributed by atoms with Crippen LogP contribution >= 0.6 is 0 Å². The number of carbonyl (C=O) groups is 2. The maximum Gasteiger partial charge on any atom is 0.252 e. The summed E-state index contributed by atoms with van der Waals surface area (Å²) in [5.41, 5.74) is 2.37. The van der Waals surface area contributed by atoms with Gasteiger partial charge in [0.05, 0.1) is 12.7 Å². The third-order valence-electron chi connectivity index (χ3n) is 4.49. The van der Waals surface area contributed by atoms with Crippen LogP contribution in [0.5, 0.6) is 5.75 Å². The number of rotatable bonds is 7. The second kappa shape index (κ2) is 8.47. The number of benzene rings is 1. The predicted molar refractivity (Wildman–Crippen MR) is 99.0 cm³/mol. The predicted octanol–water partition coefficient (Wildman–Crippen LogP) is 2.50. The Labute approximate surface area is 153 Å². The monoisotopic (exact) mass is 353 g/mol. The number of methoxy groups -OCH3 is 1. The molecule has 0 bridgehead atoms. The number of amides is 2. The summed E-state index contributed by atoms with van der Waals surface area (Å²) in [5, 5.41) is 2.90. The SMILES string of the molecule is COc1ccc(-c2cncc(C(=O)NCCCN3CCCC3=O)c2)cc1. The van der Waals surface area contributed by atoms with E-state index in [4.69, 9.17) is 4.74 Å². The molecule has 1 aliphatic rings. The summed E-state index contributed by atoms with van der Waals surface area (Å²) in [6.45, 7) is 2.07. The maximum atomic E-state index is 12.3. The lowest BCUT2D eigenvalue weighted by Crippen LogP contribution is -2.30. The molecule has 1 aromatic heterocycles. The van der Waals surface area contributed by atoms with E-state index in [1.54, 1.807) is 19.5 Å². The number of nitrogens with one attached hydrogen (secondary N) is 1. The fourth-order valence-corrected chi connectivity index (χ4v) is 3.02. The average molecular weight is 353 g/mol. The molecule has 1 saturated heterocycles. The van der Waals surface area contributed by atoms with Crippen LogP contribution < -0.4 is 10.1 Å². The fourth-order valence-electron chi connectivity index (χ4n) is 3.02. The minimum absolute atomic E-state index is 0.152. The number of hydrogen-bond acceptors (Lipinski definition) is 4. The number of ether oxygens (including phenoxy) is 1. The van der Waals surface area contributed by atoms with Crippen molar-refractivity contribution in [2.24, 2.45) is 0 Å². The maximum absolute atomic E-state index is 12.3. The molecule has 1 aromatic carbocycles. The van der Waals surface area contributed by atoms with Crippen LogP contribution in [-0.2, 0) is 4.79 Å². The van der Waals surface area contributed by atoms with Gasteiger partial charge in [-0.3, -0.25) is 14.6 Å². The number of pyridine rings is 1. The van der Waals surface area contributed by atoms with Crippen molar-refractivity contribution in [1.29, 1.82) is 0 Å². The van der Waals surface area contributed by atoms with E-state index in [0.29, 0.717) is 25.1 Å². The third-order valence-corrected chi connectivity index (χ3v) is 4.49. The van der Waals surface area contributed by atoms with Gasteiger partial charge in [0.25, 0.3) is 5.91 Å². The first-order valence-corrected chi connectivity index (χ1v) is 8.83. The fraction of sp³-hybridized carbons (Fsp3) is 0.350. The Morgan fingerprint density at radius 3 is 2.73 bits per heavy atom. The highest BCUT2D eigenvalue weighted by atomic mass is 16.5. The molecule has 2 heterocycles. The molecule has 0 aliphatic carbocycles. The summed E-state index contributed by atoms with van der Waals surface area (Å²) in [5.74, 6) is 0.848. The van der Waals surface area contributed by atoms with Crippen LogP contribution in [0.15, 0.2) is 42.7 Å². The Kier molecular flexibility index (Phi) is 5.84. The Morgan fingerprint density at radius 2 is 2.04 bits per heavy atom. The van der Waals surface area contributed by atoms with Gasteiger partial charge in [0, 0.05) is 44.0 Å². The highest BCUT2D eigenvalue weighted by Gasteiger charge is 2.19. The zero-order valence-corrected chi connectivity index (χ0v) is 14.9. The van der Waals surface area contributed by atoms with Crippen LogP contribution in [0.4, 0.5) is 0 Å². The first kappa shape index (κ1) is 17.9. The van der Waals surface area contributed by atoms with Gasteiger partial charge in [0.2, 0.25) is 5.91 Å². The average Bonchev–Trinajstić information content (AvgIpc) is 3.10. The normalized spacial score (nSPS) is 13.7. The summed E-state index contributed by atoms with van der Waals surface area (Å²) in [6, 6.07) is 9.45. The van der Waals surface area contributed by atoms with Gasteiger partial charge in [0.1, 0.15) is 5.75 Å². The second-order valence-electron chi connectivity index (χ2n) is 6.28.